The number of para-hydroxylation sites is 1. The van der Waals surface area contributed by atoms with Crippen molar-refractivity contribution in [2.45, 2.75) is 27.2 Å². The van der Waals surface area contributed by atoms with Crippen LogP contribution in [0.3, 0.4) is 0 Å². The molecule has 0 atom stereocenters. The first-order valence-electron chi connectivity index (χ1n) is 10.9. The highest BCUT2D eigenvalue weighted by atomic mass is 16.2. The first-order chi connectivity index (χ1) is 15.9. The second kappa shape index (κ2) is 9.09. The molecule has 4 rings (SSSR count). The monoisotopic (exact) mass is 436 g/mol. The summed E-state index contributed by atoms with van der Waals surface area (Å²) in [6.45, 7) is 5.83. The smallest absolute Gasteiger partial charge is 0.271 e. The summed E-state index contributed by atoms with van der Waals surface area (Å²) in [5.74, 6) is -0.918. The summed E-state index contributed by atoms with van der Waals surface area (Å²) in [6, 6.07) is 19.7. The molecule has 6 heteroatoms. The molecule has 0 saturated carbocycles. The van der Waals surface area contributed by atoms with Gasteiger partial charge in [-0.15, -0.1) is 0 Å². The third-order valence-corrected chi connectivity index (χ3v) is 5.66. The second-order valence-corrected chi connectivity index (χ2v) is 8.01. The van der Waals surface area contributed by atoms with Crippen molar-refractivity contribution in [1.29, 1.82) is 5.26 Å². The van der Waals surface area contributed by atoms with Crippen LogP contribution >= 0.6 is 0 Å². The molecule has 1 aliphatic rings. The molecule has 1 aromatic heterocycles. The van der Waals surface area contributed by atoms with E-state index in [0.29, 0.717) is 23.3 Å². The molecule has 0 aliphatic carbocycles. The van der Waals surface area contributed by atoms with E-state index >= 15 is 0 Å². The molecule has 3 aromatic rings. The minimum Gasteiger partial charge on any atom is -0.274 e. The van der Waals surface area contributed by atoms with Crippen LogP contribution in [-0.4, -0.2) is 33.0 Å². The predicted octanol–water partition coefficient (Wildman–Crippen LogP) is 4.85. The number of aromatic nitrogens is 2. The van der Waals surface area contributed by atoms with Gasteiger partial charge in [-0.1, -0.05) is 55.0 Å². The molecule has 1 aliphatic heterocycles. The van der Waals surface area contributed by atoms with Gasteiger partial charge < -0.3 is 0 Å². The Morgan fingerprint density at radius 3 is 2.33 bits per heavy atom. The van der Waals surface area contributed by atoms with Crippen LogP contribution in [0.2, 0.25) is 0 Å². The molecule has 2 amide bonds. The van der Waals surface area contributed by atoms with Crippen LogP contribution in [0.4, 0.5) is 0 Å². The normalized spacial score (nSPS) is 15.3. The average molecular weight is 437 g/mol. The lowest BCUT2D eigenvalue weighted by atomic mass is 9.93. The van der Waals surface area contributed by atoms with E-state index in [9.17, 15) is 14.9 Å². The number of carbonyl (C=O) groups is 2. The number of aryl methyl sites for hydroxylation is 1. The average Bonchev–Trinajstić information content (AvgIpc) is 3.25. The minimum absolute atomic E-state index is 0.00152. The number of rotatable bonds is 5. The van der Waals surface area contributed by atoms with E-state index in [4.69, 9.17) is 5.10 Å². The fourth-order valence-electron chi connectivity index (χ4n) is 3.85. The summed E-state index contributed by atoms with van der Waals surface area (Å²) in [5.41, 5.74) is 5.10. The number of carbonyl (C=O) groups excluding carboxylic acids is 2. The van der Waals surface area contributed by atoms with Gasteiger partial charge in [-0.2, -0.15) is 10.4 Å². The molecule has 164 valence electrons. The van der Waals surface area contributed by atoms with E-state index in [-0.39, 0.29) is 18.0 Å². The number of benzene rings is 2. The molecule has 0 N–H and O–H groups in total. The predicted molar refractivity (Wildman–Crippen MR) is 127 cm³/mol. The largest absolute Gasteiger partial charge is 0.274 e. The van der Waals surface area contributed by atoms with E-state index in [0.717, 1.165) is 27.3 Å². The lowest BCUT2D eigenvalue weighted by molar-refractivity contribution is -0.140. The second-order valence-electron chi connectivity index (χ2n) is 8.01. The molecule has 0 radical (unpaired) electrons. The summed E-state index contributed by atoms with van der Waals surface area (Å²) in [4.78, 5) is 27.1. The highest BCUT2D eigenvalue weighted by molar-refractivity contribution is 6.19. The summed E-state index contributed by atoms with van der Waals surface area (Å²) in [6.07, 6.45) is 4.22. The van der Waals surface area contributed by atoms with Gasteiger partial charge in [-0.25, -0.2) is 4.68 Å². The highest BCUT2D eigenvalue weighted by Crippen LogP contribution is 2.31. The van der Waals surface area contributed by atoms with Crippen molar-refractivity contribution in [2.75, 3.05) is 6.54 Å². The summed E-state index contributed by atoms with van der Waals surface area (Å²) in [7, 11) is 0. The van der Waals surface area contributed by atoms with Gasteiger partial charge in [-0.05, 0) is 44.1 Å². The van der Waals surface area contributed by atoms with Crippen LogP contribution in [-0.2, 0) is 9.59 Å². The summed E-state index contributed by atoms with van der Waals surface area (Å²) in [5, 5.41) is 14.4. The Bertz CT molecular complexity index is 1320. The van der Waals surface area contributed by atoms with Gasteiger partial charge in [0.05, 0.1) is 11.4 Å². The number of imide groups is 1. The Balaban J connectivity index is 1.92. The maximum atomic E-state index is 13.2. The topological polar surface area (TPSA) is 79.0 Å². The zero-order valence-electron chi connectivity index (χ0n) is 18.9. The van der Waals surface area contributed by atoms with Crippen LogP contribution in [0.5, 0.6) is 0 Å². The first kappa shape index (κ1) is 22.0. The van der Waals surface area contributed by atoms with Crippen LogP contribution in [0.15, 0.2) is 77.5 Å². The lowest BCUT2D eigenvalue weighted by Gasteiger charge is -2.27. The van der Waals surface area contributed by atoms with Crippen molar-refractivity contribution in [1.82, 2.24) is 14.7 Å². The van der Waals surface area contributed by atoms with Gasteiger partial charge >= 0.3 is 0 Å². The van der Waals surface area contributed by atoms with Crippen LogP contribution in [0.1, 0.15) is 31.4 Å². The molecule has 6 nitrogen and oxygen atoms in total. The molecular weight excluding hydrogens is 412 g/mol. The maximum Gasteiger partial charge on any atom is 0.271 e. The zero-order chi connectivity index (χ0) is 23.5. The quantitative estimate of drug-likeness (QED) is 0.423. The molecule has 33 heavy (non-hydrogen) atoms. The minimum atomic E-state index is -0.530. The van der Waals surface area contributed by atoms with Crippen LogP contribution in [0, 0.1) is 18.3 Å². The van der Waals surface area contributed by atoms with Gasteiger partial charge in [0.2, 0.25) is 0 Å². The molecule has 0 saturated heterocycles. The van der Waals surface area contributed by atoms with Gasteiger partial charge in [0.1, 0.15) is 11.6 Å². The van der Waals surface area contributed by atoms with Gasteiger partial charge in [0.15, 0.2) is 0 Å². The number of nitriles is 1. The molecule has 0 fully saturated rings. The third-order valence-electron chi connectivity index (χ3n) is 5.66. The number of hydrogen-bond donors (Lipinski definition) is 0. The summed E-state index contributed by atoms with van der Waals surface area (Å²) < 4.78 is 1.77. The Labute approximate surface area is 193 Å². The van der Waals surface area contributed by atoms with E-state index in [1.807, 2.05) is 80.7 Å². The van der Waals surface area contributed by atoms with Gasteiger partial charge in [0, 0.05) is 29.4 Å². The molecule has 0 unspecified atom stereocenters. The number of hydrogen-bond acceptors (Lipinski definition) is 4. The van der Waals surface area contributed by atoms with Crippen molar-refractivity contribution in [3.63, 3.8) is 0 Å². The molecular formula is C27H24N4O2. The van der Waals surface area contributed by atoms with E-state index in [1.54, 1.807) is 17.7 Å². The van der Waals surface area contributed by atoms with Crippen LogP contribution < -0.4 is 0 Å². The third kappa shape index (κ3) is 4.13. The van der Waals surface area contributed by atoms with E-state index < -0.39 is 5.91 Å². The zero-order valence-corrected chi connectivity index (χ0v) is 18.9. The molecule has 2 heterocycles. The maximum absolute atomic E-state index is 13.2. The fraction of sp³-hybridized carbons (Fsp3) is 0.185. The molecule has 0 spiro atoms. The Morgan fingerprint density at radius 1 is 1.00 bits per heavy atom. The van der Waals surface area contributed by atoms with Gasteiger partial charge in [-0.3, -0.25) is 14.5 Å². The number of amides is 2. The fourth-order valence-corrected chi connectivity index (χ4v) is 3.85. The number of nitrogens with zero attached hydrogens (tertiary/aromatic N) is 4. The Hall–Kier alpha value is -4.24. The molecule has 2 aromatic carbocycles. The van der Waals surface area contributed by atoms with Crippen LogP contribution in [0.25, 0.3) is 23.0 Å². The van der Waals surface area contributed by atoms with Gasteiger partial charge in [0.25, 0.3) is 11.8 Å². The lowest BCUT2D eigenvalue weighted by Crippen LogP contribution is -2.43. The summed E-state index contributed by atoms with van der Waals surface area (Å²) >= 11 is 0. The highest BCUT2D eigenvalue weighted by Gasteiger charge is 2.35. The van der Waals surface area contributed by atoms with Crippen molar-refractivity contribution in [3.05, 3.63) is 88.6 Å². The SMILES string of the molecule is CCCN1C(=O)C(C#N)=C(C)/C(=C\c2cn(-c3ccccc3)nc2-c2ccc(C)cc2)C1=O. The molecule has 0 bridgehead atoms. The Morgan fingerprint density at radius 2 is 1.70 bits per heavy atom. The van der Waals surface area contributed by atoms with Crippen molar-refractivity contribution in [2.24, 2.45) is 0 Å². The van der Waals surface area contributed by atoms with E-state index in [2.05, 4.69) is 0 Å². The van der Waals surface area contributed by atoms with E-state index in [1.165, 1.54) is 0 Å². The van der Waals surface area contributed by atoms with Crippen molar-refractivity contribution in [3.8, 4) is 23.0 Å². The van der Waals surface area contributed by atoms with Crippen molar-refractivity contribution >= 4 is 17.9 Å². The van der Waals surface area contributed by atoms with Crippen molar-refractivity contribution < 1.29 is 9.59 Å². The first-order valence-corrected chi connectivity index (χ1v) is 10.9. The Kier molecular flexibility index (Phi) is 6.05. The standard InChI is InChI=1S/C27H24N4O2/c1-4-14-30-26(32)23(19(3)24(16-28)27(30)33)15-21-17-31(22-8-6-5-7-9-22)29-25(21)20-12-10-18(2)11-13-20/h5-13,15,17H,4,14H2,1-3H3/b23-15+.